The van der Waals surface area contributed by atoms with E-state index in [1.165, 1.54) is 25.7 Å². The van der Waals surface area contributed by atoms with Gasteiger partial charge >= 0.3 is 0 Å². The second kappa shape index (κ2) is 20.1. The van der Waals surface area contributed by atoms with Gasteiger partial charge in [0.05, 0.1) is 12.6 Å². The molecule has 0 radical (unpaired) electrons. The van der Waals surface area contributed by atoms with Gasteiger partial charge in [-0.1, -0.05) is 82.2 Å². The Kier molecular flexibility index (Phi) is 19.0. The highest BCUT2D eigenvalue weighted by atomic mass is 16.3. The molecule has 0 fully saturated rings. The molecule has 0 bridgehead atoms. The number of hydrogen-bond acceptors (Lipinski definition) is 2. The number of carbonyl (C=O) groups excluding carboxylic acids is 1. The van der Waals surface area contributed by atoms with Crippen LogP contribution in [0, 0.1) is 5.92 Å². The minimum Gasteiger partial charge on any atom is -0.394 e. The van der Waals surface area contributed by atoms with Gasteiger partial charge in [-0.15, -0.1) is 0 Å². The van der Waals surface area contributed by atoms with Crippen molar-refractivity contribution in [3.05, 3.63) is 48.6 Å². The molecule has 3 heteroatoms. The first kappa shape index (κ1) is 26.4. The number of carbonyl (C=O) groups is 1. The van der Waals surface area contributed by atoms with E-state index >= 15 is 0 Å². The topological polar surface area (TPSA) is 49.3 Å². The fraction of sp³-hybridized carbons (Fsp3) is 0.640. The predicted octanol–water partition coefficient (Wildman–Crippen LogP) is 6.27. The molecule has 0 spiro atoms. The average molecular weight is 390 g/mol. The first-order valence-corrected chi connectivity index (χ1v) is 11.1. The molecule has 0 aromatic carbocycles. The number of aliphatic hydroxyl groups excluding tert-OH is 1. The molecular weight excluding hydrogens is 346 g/mol. The van der Waals surface area contributed by atoms with Gasteiger partial charge in [0.15, 0.2) is 0 Å². The van der Waals surface area contributed by atoms with Crippen LogP contribution in [0.2, 0.25) is 0 Å². The number of nitrogens with one attached hydrogen (secondary N) is 1. The molecule has 0 heterocycles. The summed E-state index contributed by atoms with van der Waals surface area (Å²) in [5, 5.41) is 12.1. The van der Waals surface area contributed by atoms with E-state index in [1.807, 2.05) is 13.8 Å². The van der Waals surface area contributed by atoms with Crippen molar-refractivity contribution in [2.75, 3.05) is 6.61 Å². The van der Waals surface area contributed by atoms with Crippen LogP contribution in [0.1, 0.15) is 85.0 Å². The van der Waals surface area contributed by atoms with E-state index < -0.39 is 0 Å². The van der Waals surface area contributed by atoms with Crippen molar-refractivity contribution in [1.82, 2.24) is 5.32 Å². The molecular formula is C25H43NO2. The van der Waals surface area contributed by atoms with Crippen LogP contribution in [0.3, 0.4) is 0 Å². The molecule has 0 aliphatic carbocycles. The summed E-state index contributed by atoms with van der Waals surface area (Å²) in [5.74, 6) is 0.283. The number of aliphatic hydroxyl groups is 1. The number of hydrogen-bond donors (Lipinski definition) is 2. The average Bonchev–Trinajstić information content (AvgIpc) is 2.68. The van der Waals surface area contributed by atoms with Crippen LogP contribution in [0.4, 0.5) is 0 Å². The lowest BCUT2D eigenvalue weighted by Crippen LogP contribution is -2.40. The summed E-state index contributed by atoms with van der Waals surface area (Å²) in [4.78, 5) is 11.8. The summed E-state index contributed by atoms with van der Waals surface area (Å²) < 4.78 is 0. The normalized spacial score (nSPS) is 13.6. The van der Waals surface area contributed by atoms with Crippen molar-refractivity contribution in [3.8, 4) is 0 Å². The van der Waals surface area contributed by atoms with Crippen molar-refractivity contribution >= 4 is 5.91 Å². The van der Waals surface area contributed by atoms with Gasteiger partial charge in [0, 0.05) is 6.42 Å². The first-order chi connectivity index (χ1) is 13.6. The van der Waals surface area contributed by atoms with Gasteiger partial charge in [0.1, 0.15) is 0 Å². The zero-order chi connectivity index (χ0) is 20.9. The van der Waals surface area contributed by atoms with Crippen molar-refractivity contribution in [1.29, 1.82) is 0 Å². The Hall–Kier alpha value is -1.61. The molecule has 0 aromatic heterocycles. The monoisotopic (exact) mass is 389 g/mol. The van der Waals surface area contributed by atoms with E-state index in [4.69, 9.17) is 0 Å². The Morgan fingerprint density at radius 2 is 1.32 bits per heavy atom. The summed E-state index contributed by atoms with van der Waals surface area (Å²) in [5.41, 5.74) is 0. The molecule has 1 atom stereocenters. The highest BCUT2D eigenvalue weighted by Gasteiger charge is 2.14. The van der Waals surface area contributed by atoms with Crippen molar-refractivity contribution in [2.45, 2.75) is 91.0 Å². The maximum atomic E-state index is 11.8. The smallest absolute Gasteiger partial charge is 0.220 e. The van der Waals surface area contributed by atoms with Gasteiger partial charge in [-0.3, -0.25) is 4.79 Å². The van der Waals surface area contributed by atoms with E-state index in [-0.39, 0.29) is 24.5 Å². The molecule has 0 aliphatic rings. The molecule has 0 unspecified atom stereocenters. The Balaban J connectivity index is 3.61. The fourth-order valence-electron chi connectivity index (χ4n) is 2.64. The summed E-state index contributed by atoms with van der Waals surface area (Å²) in [6, 6.07) is -0.135. The Morgan fingerprint density at radius 1 is 0.821 bits per heavy atom. The van der Waals surface area contributed by atoms with Crippen LogP contribution in [0.5, 0.6) is 0 Å². The SMILES string of the molecule is CCCCC/C=C\C/C=C\C/C=C\C/C=C\CCCC(=O)N[C@H](CO)C(C)C. The number of allylic oxidation sites excluding steroid dienone is 8. The summed E-state index contributed by atoms with van der Waals surface area (Å²) in [7, 11) is 0. The second-order valence-electron chi connectivity index (χ2n) is 7.58. The lowest BCUT2D eigenvalue weighted by molar-refractivity contribution is -0.122. The minimum absolute atomic E-state index is 0.000576. The zero-order valence-electron chi connectivity index (χ0n) is 18.4. The molecule has 0 saturated heterocycles. The maximum absolute atomic E-state index is 11.8. The maximum Gasteiger partial charge on any atom is 0.220 e. The van der Waals surface area contributed by atoms with Crippen LogP contribution in [-0.4, -0.2) is 23.7 Å². The molecule has 0 aliphatic heterocycles. The Labute approximate surface area is 173 Å². The van der Waals surface area contributed by atoms with Gasteiger partial charge in [-0.2, -0.15) is 0 Å². The van der Waals surface area contributed by atoms with Crippen LogP contribution in [0.25, 0.3) is 0 Å². The Morgan fingerprint density at radius 3 is 1.79 bits per heavy atom. The number of rotatable bonds is 17. The third kappa shape index (κ3) is 17.8. The van der Waals surface area contributed by atoms with Crippen molar-refractivity contribution in [2.24, 2.45) is 5.92 Å². The molecule has 1 amide bonds. The van der Waals surface area contributed by atoms with E-state index in [0.717, 1.165) is 32.1 Å². The first-order valence-electron chi connectivity index (χ1n) is 11.1. The minimum atomic E-state index is -0.135. The van der Waals surface area contributed by atoms with E-state index in [9.17, 15) is 9.90 Å². The number of amides is 1. The van der Waals surface area contributed by atoms with Crippen molar-refractivity contribution in [3.63, 3.8) is 0 Å². The van der Waals surface area contributed by atoms with E-state index in [0.29, 0.717) is 6.42 Å². The molecule has 0 saturated carbocycles. The largest absolute Gasteiger partial charge is 0.394 e. The summed E-state index contributed by atoms with van der Waals surface area (Å²) in [6.07, 6.45) is 28.0. The molecule has 2 N–H and O–H groups in total. The lowest BCUT2D eigenvalue weighted by atomic mass is 10.1. The van der Waals surface area contributed by atoms with Gasteiger partial charge in [0.25, 0.3) is 0 Å². The van der Waals surface area contributed by atoms with Gasteiger partial charge in [-0.05, 0) is 50.9 Å². The quantitative estimate of drug-likeness (QED) is 0.228. The van der Waals surface area contributed by atoms with Crippen LogP contribution < -0.4 is 5.32 Å². The lowest BCUT2D eigenvalue weighted by Gasteiger charge is -2.19. The zero-order valence-corrected chi connectivity index (χ0v) is 18.4. The van der Waals surface area contributed by atoms with Gasteiger partial charge in [-0.25, -0.2) is 0 Å². The third-order valence-corrected chi connectivity index (χ3v) is 4.58. The van der Waals surface area contributed by atoms with Gasteiger partial charge < -0.3 is 10.4 Å². The van der Waals surface area contributed by atoms with Crippen LogP contribution in [-0.2, 0) is 4.79 Å². The summed E-state index contributed by atoms with van der Waals surface area (Å²) >= 11 is 0. The Bertz CT molecular complexity index is 475. The van der Waals surface area contributed by atoms with E-state index in [2.05, 4.69) is 60.8 Å². The molecule has 3 nitrogen and oxygen atoms in total. The standard InChI is InChI=1S/C25H43NO2/c1-4-5-6-7-8-9-10-11-12-13-14-15-16-17-18-19-20-21-25(28)26-24(22-27)23(2)3/h8-9,11-12,14-15,17-18,23-24,27H,4-7,10,13,16,19-22H2,1-3H3,(H,26,28)/b9-8-,12-11-,15-14-,18-17-/t24-/m1/s1. The van der Waals surface area contributed by atoms with E-state index in [1.54, 1.807) is 0 Å². The third-order valence-electron chi connectivity index (χ3n) is 4.58. The van der Waals surface area contributed by atoms with Crippen LogP contribution in [0.15, 0.2) is 48.6 Å². The number of unbranched alkanes of at least 4 members (excludes halogenated alkanes) is 4. The van der Waals surface area contributed by atoms with Gasteiger partial charge in [0.2, 0.25) is 5.91 Å². The highest BCUT2D eigenvalue weighted by Crippen LogP contribution is 2.04. The molecule has 0 rings (SSSR count). The van der Waals surface area contributed by atoms with Crippen LogP contribution >= 0.6 is 0 Å². The molecule has 0 aromatic rings. The summed E-state index contributed by atoms with van der Waals surface area (Å²) in [6.45, 7) is 6.24. The predicted molar refractivity (Wildman–Crippen MR) is 122 cm³/mol. The fourth-order valence-corrected chi connectivity index (χ4v) is 2.64. The van der Waals surface area contributed by atoms with Crippen molar-refractivity contribution < 1.29 is 9.90 Å². The molecule has 28 heavy (non-hydrogen) atoms. The molecule has 160 valence electrons. The highest BCUT2D eigenvalue weighted by molar-refractivity contribution is 5.76. The second-order valence-corrected chi connectivity index (χ2v) is 7.58.